The summed E-state index contributed by atoms with van der Waals surface area (Å²) in [6, 6.07) is 8.37. The maximum absolute atomic E-state index is 10.7. The van der Waals surface area contributed by atoms with Gasteiger partial charge in [0.05, 0.1) is 0 Å². The first-order valence-corrected chi connectivity index (χ1v) is 12.3. The summed E-state index contributed by atoms with van der Waals surface area (Å²) in [5.41, 5.74) is 0. The second-order valence-electron chi connectivity index (χ2n) is 4.79. The number of benzene rings is 2. The van der Waals surface area contributed by atoms with Gasteiger partial charge in [-0.15, -0.1) is 0 Å². The van der Waals surface area contributed by atoms with Crippen molar-refractivity contribution in [3.8, 4) is 0 Å². The topological polar surface area (TPSA) is 217 Å². The summed E-state index contributed by atoms with van der Waals surface area (Å²) >= 11 is 0. The molecule has 0 amide bonds. The van der Waals surface area contributed by atoms with Crippen molar-refractivity contribution in [2.75, 3.05) is 0 Å². The summed E-state index contributed by atoms with van der Waals surface area (Å²) < 4.78 is 120. The molecule has 2 aromatic rings. The molecule has 0 unspecified atom stereocenters. The van der Waals surface area contributed by atoms with Crippen LogP contribution in [0.4, 0.5) is 0 Å². The maximum Gasteiger partial charge on any atom is 0.295 e. The molecule has 0 aliphatic rings. The molecule has 0 heterocycles. The van der Waals surface area contributed by atoms with E-state index >= 15 is 0 Å². The molecular formula is C12H12NaO12S4. The van der Waals surface area contributed by atoms with Gasteiger partial charge in [0.2, 0.25) is 0 Å². The molecule has 0 fully saturated rings. The Bertz CT molecular complexity index is 1090. The number of hydrogen-bond donors (Lipinski definition) is 4. The van der Waals surface area contributed by atoms with Gasteiger partial charge in [-0.3, -0.25) is 18.2 Å². The zero-order valence-electron chi connectivity index (χ0n) is 14.3. The summed E-state index contributed by atoms with van der Waals surface area (Å²) in [5, 5.41) is 0. The molecule has 0 spiro atoms. The normalized spacial score (nSPS) is 12.3. The minimum atomic E-state index is -4.66. The van der Waals surface area contributed by atoms with E-state index in [-0.39, 0.29) is 29.6 Å². The van der Waals surface area contributed by atoms with Crippen molar-refractivity contribution in [1.82, 2.24) is 0 Å². The van der Waals surface area contributed by atoms with Gasteiger partial charge >= 0.3 is 0 Å². The molecule has 1 radical (unpaired) electrons. The fraction of sp³-hybridized carbons (Fsp3) is 0. The largest absolute Gasteiger partial charge is 0.295 e. The molecule has 0 aliphatic heterocycles. The average Bonchev–Trinajstić information content (AvgIpc) is 2.52. The fourth-order valence-corrected chi connectivity index (χ4v) is 5.31. The van der Waals surface area contributed by atoms with E-state index in [4.69, 9.17) is 18.2 Å². The molecule has 12 nitrogen and oxygen atoms in total. The minimum Gasteiger partial charge on any atom is -0.282 e. The van der Waals surface area contributed by atoms with Gasteiger partial charge in [-0.2, -0.15) is 33.7 Å². The van der Waals surface area contributed by atoms with E-state index in [9.17, 15) is 33.7 Å². The van der Waals surface area contributed by atoms with Crippen molar-refractivity contribution >= 4 is 70.0 Å². The first-order valence-electron chi connectivity index (χ1n) is 6.53. The van der Waals surface area contributed by atoms with Crippen LogP contribution in [-0.2, 0) is 40.5 Å². The Balaban J connectivity index is 0.000000523. The number of rotatable bonds is 4. The third-order valence-corrected chi connectivity index (χ3v) is 6.72. The van der Waals surface area contributed by atoms with Crippen molar-refractivity contribution in [2.24, 2.45) is 0 Å². The standard InChI is InChI=1S/2C6H6O6S2.Na/c2*7-13(8,9)5-3-1-2-4-6(5)14(10,11)12;/h2*1-4H,(H,7,8,9)(H,10,11,12);. The van der Waals surface area contributed by atoms with Crippen LogP contribution in [0, 0.1) is 0 Å². The van der Waals surface area contributed by atoms with Gasteiger partial charge in [0, 0.05) is 29.6 Å². The zero-order valence-corrected chi connectivity index (χ0v) is 19.6. The van der Waals surface area contributed by atoms with Gasteiger partial charge in [-0.05, 0) is 24.3 Å². The van der Waals surface area contributed by atoms with Crippen molar-refractivity contribution in [1.29, 1.82) is 0 Å². The Morgan fingerprint density at radius 1 is 0.414 bits per heavy atom. The minimum absolute atomic E-state index is 0. The number of hydrogen-bond acceptors (Lipinski definition) is 8. The van der Waals surface area contributed by atoms with E-state index in [2.05, 4.69) is 0 Å². The molecule has 17 heteroatoms. The smallest absolute Gasteiger partial charge is 0.282 e. The SMILES string of the molecule is O=S(=O)(O)c1ccccc1S(=O)(=O)O.O=S(=O)(O)c1ccccc1S(=O)(=O)O.[Na]. The first kappa shape index (κ1) is 28.1. The maximum atomic E-state index is 10.7. The van der Waals surface area contributed by atoms with Crippen LogP contribution in [0.25, 0.3) is 0 Å². The predicted octanol–water partition coefficient (Wildman–Crippen LogP) is -0.0208. The Morgan fingerprint density at radius 3 is 0.655 bits per heavy atom. The van der Waals surface area contributed by atoms with Crippen LogP contribution in [0.2, 0.25) is 0 Å². The Labute approximate surface area is 188 Å². The summed E-state index contributed by atoms with van der Waals surface area (Å²) in [6.45, 7) is 0. The summed E-state index contributed by atoms with van der Waals surface area (Å²) in [6.07, 6.45) is 0. The quantitative estimate of drug-likeness (QED) is 0.322. The summed E-state index contributed by atoms with van der Waals surface area (Å²) in [7, 11) is -18.6. The van der Waals surface area contributed by atoms with Gasteiger partial charge in [-0.25, -0.2) is 0 Å². The monoisotopic (exact) mass is 499 g/mol. The molecule has 0 bridgehead atoms. The van der Waals surface area contributed by atoms with E-state index in [1.54, 1.807) is 0 Å². The molecule has 0 saturated heterocycles. The third kappa shape index (κ3) is 8.38. The van der Waals surface area contributed by atoms with Crippen LogP contribution < -0.4 is 0 Å². The average molecular weight is 499 g/mol. The van der Waals surface area contributed by atoms with Crippen LogP contribution in [-0.4, -0.2) is 81.4 Å². The van der Waals surface area contributed by atoms with Gasteiger partial charge < -0.3 is 0 Å². The van der Waals surface area contributed by atoms with Crippen LogP contribution in [0.15, 0.2) is 68.1 Å². The second-order valence-corrected chi connectivity index (χ2v) is 10.4. The van der Waals surface area contributed by atoms with E-state index in [0.717, 1.165) is 24.3 Å². The summed E-state index contributed by atoms with van der Waals surface area (Å²) in [4.78, 5) is -3.38. The van der Waals surface area contributed by atoms with Gasteiger partial charge in [-0.1, -0.05) is 24.3 Å². The van der Waals surface area contributed by atoms with Gasteiger partial charge in [0.25, 0.3) is 40.5 Å². The van der Waals surface area contributed by atoms with Crippen molar-refractivity contribution < 1.29 is 51.9 Å². The van der Waals surface area contributed by atoms with E-state index in [1.165, 1.54) is 24.3 Å². The van der Waals surface area contributed by atoms with Crippen LogP contribution in [0.5, 0.6) is 0 Å². The Morgan fingerprint density at radius 2 is 0.552 bits per heavy atom. The van der Waals surface area contributed by atoms with Crippen LogP contribution in [0.1, 0.15) is 0 Å². The molecule has 4 N–H and O–H groups in total. The first-order chi connectivity index (χ1) is 12.5. The Hall–Kier alpha value is -0.920. The van der Waals surface area contributed by atoms with Gasteiger partial charge in [0.1, 0.15) is 19.6 Å². The van der Waals surface area contributed by atoms with Gasteiger partial charge in [0.15, 0.2) is 0 Å². The molecular weight excluding hydrogens is 487 g/mol. The van der Waals surface area contributed by atoms with Crippen molar-refractivity contribution in [2.45, 2.75) is 19.6 Å². The van der Waals surface area contributed by atoms with Crippen molar-refractivity contribution in [3.05, 3.63) is 48.5 Å². The molecule has 0 atom stereocenters. The Kier molecular flexibility index (Phi) is 9.61. The molecule has 0 aromatic heterocycles. The van der Waals surface area contributed by atoms with E-state index in [0.29, 0.717) is 0 Å². The molecule has 2 rings (SSSR count). The van der Waals surface area contributed by atoms with E-state index < -0.39 is 60.1 Å². The molecule has 2 aromatic carbocycles. The third-order valence-electron chi connectivity index (χ3n) is 2.81. The molecule has 0 saturated carbocycles. The molecule has 0 aliphatic carbocycles. The molecule has 157 valence electrons. The second kappa shape index (κ2) is 9.92. The summed E-state index contributed by atoms with van der Waals surface area (Å²) in [5.74, 6) is 0. The van der Waals surface area contributed by atoms with Crippen LogP contribution in [0.3, 0.4) is 0 Å². The fourth-order valence-electron chi connectivity index (χ4n) is 1.75. The van der Waals surface area contributed by atoms with Crippen molar-refractivity contribution in [3.63, 3.8) is 0 Å². The van der Waals surface area contributed by atoms with E-state index in [1.807, 2.05) is 0 Å². The molecule has 29 heavy (non-hydrogen) atoms. The predicted molar refractivity (Wildman–Crippen MR) is 97.9 cm³/mol. The van der Waals surface area contributed by atoms with Crippen LogP contribution >= 0.6 is 0 Å². The zero-order chi connectivity index (χ0) is 22.0.